The van der Waals surface area contributed by atoms with Gasteiger partial charge in [-0.25, -0.2) is 0 Å². The molecule has 0 aromatic rings. The molecule has 0 N–H and O–H groups in total. The quantitative estimate of drug-likeness (QED) is 0.497. The molecule has 0 fully saturated rings. The van der Waals surface area contributed by atoms with E-state index in [1.165, 1.54) is 5.57 Å². The van der Waals surface area contributed by atoms with Crippen LogP contribution in [-0.2, 0) is 0 Å². The van der Waals surface area contributed by atoms with Crippen molar-refractivity contribution in [1.82, 2.24) is 0 Å². The van der Waals surface area contributed by atoms with Crippen molar-refractivity contribution in [2.75, 3.05) is 7.05 Å². The van der Waals surface area contributed by atoms with Gasteiger partial charge in [-0.2, -0.15) is 0 Å². The van der Waals surface area contributed by atoms with Crippen LogP contribution in [0.25, 0.3) is 0 Å². The Labute approximate surface area is 102 Å². The fourth-order valence-electron chi connectivity index (χ4n) is 1.61. The normalized spacial score (nSPS) is 15.5. The van der Waals surface area contributed by atoms with Crippen LogP contribution in [0.1, 0.15) is 48.5 Å². The Bertz CT molecular complexity index is 277. The molecule has 0 aliphatic rings. The molecule has 90 valence electrons. The van der Waals surface area contributed by atoms with E-state index in [2.05, 4.69) is 72.4 Å². The fourth-order valence-corrected chi connectivity index (χ4v) is 1.61. The van der Waals surface area contributed by atoms with Crippen LogP contribution < -0.4 is 0 Å². The van der Waals surface area contributed by atoms with Crippen molar-refractivity contribution in [1.29, 1.82) is 0 Å². The number of hydrogen-bond donors (Lipinski definition) is 0. The molecule has 0 amide bonds. The first kappa shape index (κ1) is 15.3. The topological polar surface area (TPSA) is 12.4 Å². The Morgan fingerprint density at radius 1 is 1.00 bits per heavy atom. The van der Waals surface area contributed by atoms with Crippen LogP contribution in [0.4, 0.5) is 0 Å². The molecule has 2 heteroatoms. The van der Waals surface area contributed by atoms with E-state index in [0.717, 1.165) is 5.61 Å². The molecule has 0 spiro atoms. The molecule has 0 rings (SSSR count). The minimum atomic E-state index is 0.113. The van der Waals surface area contributed by atoms with Gasteiger partial charge in [0.1, 0.15) is 0 Å². The van der Waals surface area contributed by atoms with Gasteiger partial charge in [-0.3, -0.25) is 0 Å². The van der Waals surface area contributed by atoms with Gasteiger partial charge in [0.2, 0.25) is 0 Å². The molecule has 16 heavy (non-hydrogen) atoms. The molecule has 0 saturated carbocycles. The number of hydrogen-bond acceptors (Lipinski definition) is 1. The maximum absolute atomic E-state index is 4.35. The van der Waals surface area contributed by atoms with Crippen molar-refractivity contribution >= 4 is 18.5 Å². The Hall–Kier alpha value is -0.655. The van der Waals surface area contributed by atoms with E-state index in [-0.39, 0.29) is 10.8 Å². The van der Waals surface area contributed by atoms with Crippen molar-refractivity contribution < 1.29 is 0 Å². The minimum absolute atomic E-state index is 0.113. The number of allylic oxidation sites excluding steroid dienone is 2. The van der Waals surface area contributed by atoms with E-state index in [0.29, 0.717) is 0 Å². The third-order valence-electron chi connectivity index (χ3n) is 2.61. The van der Waals surface area contributed by atoms with Gasteiger partial charge in [-0.05, 0) is 0 Å². The van der Waals surface area contributed by atoms with Gasteiger partial charge in [0, 0.05) is 0 Å². The second kappa shape index (κ2) is 5.61. The first-order chi connectivity index (χ1) is 7.12. The predicted octanol–water partition coefficient (Wildman–Crippen LogP) is 3.56. The third kappa shape index (κ3) is 4.91. The summed E-state index contributed by atoms with van der Waals surface area (Å²) in [5, 5.41) is 0. The van der Waals surface area contributed by atoms with Crippen LogP contribution in [0.2, 0.25) is 0 Å². The summed E-state index contributed by atoms with van der Waals surface area (Å²) in [6.07, 6.45) is 2.17. The van der Waals surface area contributed by atoms with Crippen LogP contribution in [0, 0.1) is 10.8 Å². The van der Waals surface area contributed by atoms with Crippen molar-refractivity contribution in [3.63, 3.8) is 0 Å². The first-order valence-electron chi connectivity index (χ1n) is 5.95. The maximum atomic E-state index is 4.35. The molecule has 0 atom stereocenters. The summed E-state index contributed by atoms with van der Waals surface area (Å²) in [6.45, 7) is 17.5. The zero-order chi connectivity index (χ0) is 13.0. The van der Waals surface area contributed by atoms with Gasteiger partial charge >= 0.3 is 101 Å². The fraction of sp³-hybridized carbons (Fsp3) is 0.714. The first-order valence-corrected chi connectivity index (χ1v) is 5.95. The molecule has 0 radical (unpaired) electrons. The van der Waals surface area contributed by atoms with Crippen molar-refractivity contribution in [2.45, 2.75) is 48.5 Å². The molecule has 0 aromatic heterocycles. The average Bonchev–Trinajstić information content (AvgIpc) is 2.08. The monoisotopic (exact) mass is 219 g/mol. The molecule has 0 aliphatic heterocycles. The summed E-state index contributed by atoms with van der Waals surface area (Å²) in [5.74, 6) is 2.19. The van der Waals surface area contributed by atoms with E-state index in [1.807, 2.05) is 7.05 Å². The summed E-state index contributed by atoms with van der Waals surface area (Å²) in [7, 11) is 1.86. The predicted molar refractivity (Wildman–Crippen MR) is 77.8 cm³/mol. The molecule has 0 unspecified atom stereocenters. The summed E-state index contributed by atoms with van der Waals surface area (Å²) < 4.78 is 0. The van der Waals surface area contributed by atoms with Crippen LogP contribution in [-0.4, -0.2) is 25.5 Å². The van der Waals surface area contributed by atoms with E-state index in [1.54, 1.807) is 0 Å². The van der Waals surface area contributed by atoms with E-state index >= 15 is 0 Å². The zero-order valence-corrected chi connectivity index (χ0v) is 12.2. The van der Waals surface area contributed by atoms with Gasteiger partial charge in [-0.1, -0.05) is 0 Å². The second-order valence-electron chi connectivity index (χ2n) is 6.19. The van der Waals surface area contributed by atoms with Gasteiger partial charge in [0.15, 0.2) is 0 Å². The van der Waals surface area contributed by atoms with Crippen LogP contribution in [0.5, 0.6) is 0 Å². The Morgan fingerprint density at radius 3 is 1.75 bits per heavy atom. The number of rotatable bonds is 2. The summed E-state index contributed by atoms with van der Waals surface area (Å²) in [4.78, 5) is 4.35. The van der Waals surface area contributed by atoms with Crippen molar-refractivity contribution in [3.05, 3.63) is 11.6 Å². The molecule has 0 aliphatic carbocycles. The molecule has 0 heterocycles. The molecule has 1 nitrogen and oxygen atoms in total. The molecular weight excluding hydrogens is 193 g/mol. The van der Waals surface area contributed by atoms with Crippen molar-refractivity contribution in [3.8, 4) is 0 Å². The average molecular weight is 219 g/mol. The van der Waals surface area contributed by atoms with Crippen LogP contribution in [0.15, 0.2) is 16.6 Å². The van der Waals surface area contributed by atoms with Gasteiger partial charge < -0.3 is 0 Å². The molecule has 0 saturated heterocycles. The Morgan fingerprint density at radius 2 is 1.50 bits per heavy atom. The SMILES string of the molecule is C/C=C(/C=B\C(=N/C)C(C)(C)C)C(C)(C)C. The molecule has 0 aromatic carbocycles. The van der Waals surface area contributed by atoms with Gasteiger partial charge in [0.25, 0.3) is 0 Å². The standard InChI is InChI=1S/C14H26BN/c1-9-11(13(2,3)4)10-15-12(16-8)14(5,6)7/h9-10H,1-8H3/b11-9-,16-12-. The van der Waals surface area contributed by atoms with E-state index in [9.17, 15) is 0 Å². The second-order valence-corrected chi connectivity index (χ2v) is 6.19. The number of aliphatic imine (C=N–C) groups is 1. The van der Waals surface area contributed by atoms with Crippen LogP contribution >= 0.6 is 0 Å². The zero-order valence-electron chi connectivity index (χ0n) is 12.2. The third-order valence-corrected chi connectivity index (χ3v) is 2.61. The van der Waals surface area contributed by atoms with Crippen molar-refractivity contribution in [2.24, 2.45) is 15.8 Å². The van der Waals surface area contributed by atoms with E-state index < -0.39 is 0 Å². The Balaban J connectivity index is 4.99. The van der Waals surface area contributed by atoms with Gasteiger partial charge in [0.05, 0.1) is 0 Å². The Kier molecular flexibility index (Phi) is 5.38. The summed E-state index contributed by atoms with van der Waals surface area (Å²) in [5.41, 5.74) is 2.79. The van der Waals surface area contributed by atoms with E-state index in [4.69, 9.17) is 0 Å². The van der Waals surface area contributed by atoms with Crippen LogP contribution in [0.3, 0.4) is 0 Å². The summed E-state index contributed by atoms with van der Waals surface area (Å²) >= 11 is 0. The van der Waals surface area contributed by atoms with Gasteiger partial charge in [-0.15, -0.1) is 0 Å². The summed E-state index contributed by atoms with van der Waals surface area (Å²) in [6, 6.07) is 0. The molecule has 0 bridgehead atoms. The molecular formula is C14H26BN. The number of nitrogens with zero attached hydrogens (tertiary/aromatic N) is 1.